The quantitative estimate of drug-likeness (QED) is 0.503. The van der Waals surface area contributed by atoms with Crippen LogP contribution < -0.4 is 10.6 Å². The molecule has 1 saturated heterocycles. The van der Waals surface area contributed by atoms with Crippen LogP contribution in [0.2, 0.25) is 5.02 Å². The molecule has 0 aliphatic carbocycles. The van der Waals surface area contributed by atoms with Crippen LogP contribution in [0.1, 0.15) is 28.1 Å². The van der Waals surface area contributed by atoms with E-state index in [1.54, 1.807) is 35.3 Å². The van der Waals surface area contributed by atoms with Gasteiger partial charge in [-0.2, -0.15) is 10.4 Å². The molecule has 10 nitrogen and oxygen atoms in total. The summed E-state index contributed by atoms with van der Waals surface area (Å²) in [6.45, 7) is -1.29. The van der Waals surface area contributed by atoms with Crippen molar-refractivity contribution >= 4 is 27.6 Å². The normalized spacial score (nSPS) is 16.9. The number of halogens is 1. The van der Waals surface area contributed by atoms with Crippen LogP contribution in [0.3, 0.4) is 0 Å². The summed E-state index contributed by atoms with van der Waals surface area (Å²) in [6.07, 6.45) is 7.13. The summed E-state index contributed by atoms with van der Waals surface area (Å²) < 4.78 is 48.3. The van der Waals surface area contributed by atoms with Gasteiger partial charge in [0.2, 0.25) is 16.0 Å². The Morgan fingerprint density at radius 2 is 2.12 bits per heavy atom. The predicted molar refractivity (Wildman–Crippen MR) is 130 cm³/mol. The number of hydrogen-bond donors (Lipinski definition) is 2. The van der Waals surface area contributed by atoms with Gasteiger partial charge >= 0.3 is 0 Å². The zero-order valence-electron chi connectivity index (χ0n) is 21.4. The first-order valence-electron chi connectivity index (χ1n) is 12.0. The molecule has 1 fully saturated rings. The van der Waals surface area contributed by atoms with E-state index < -0.39 is 17.0 Å². The Hall–Kier alpha value is -3.04. The second-order valence-corrected chi connectivity index (χ2v) is 10.4. The van der Waals surface area contributed by atoms with Crippen LogP contribution in [-0.4, -0.2) is 64.8 Å². The Balaban J connectivity index is 1.51. The number of nitriles is 1. The minimum atomic E-state index is -3.22. The predicted octanol–water partition coefficient (Wildman–Crippen LogP) is 2.41. The summed E-state index contributed by atoms with van der Waals surface area (Å²) in [5.74, 6) is 0.337. The van der Waals surface area contributed by atoms with E-state index >= 15 is 0 Å². The second-order valence-electron chi connectivity index (χ2n) is 7.96. The molecule has 3 aromatic rings. The minimum absolute atomic E-state index is 0.00126. The fourth-order valence-electron chi connectivity index (χ4n) is 3.79. The molecule has 12 heteroatoms. The van der Waals surface area contributed by atoms with Crippen LogP contribution >= 0.6 is 11.6 Å². The number of piperidine rings is 1. The van der Waals surface area contributed by atoms with Gasteiger partial charge in [-0.05, 0) is 37.5 Å². The van der Waals surface area contributed by atoms with Crippen LogP contribution in [0.4, 0.5) is 5.95 Å². The van der Waals surface area contributed by atoms with Crippen LogP contribution in [0.25, 0.3) is 16.9 Å². The van der Waals surface area contributed by atoms with E-state index in [4.69, 9.17) is 15.7 Å². The van der Waals surface area contributed by atoms with Crippen LogP contribution in [-0.2, 0) is 16.6 Å². The van der Waals surface area contributed by atoms with E-state index in [1.807, 2.05) is 0 Å². The number of nitrogens with one attached hydrogen (secondary N) is 2. The molecule has 0 unspecified atom stereocenters. The Morgan fingerprint density at radius 1 is 1.32 bits per heavy atom. The lowest BCUT2D eigenvalue weighted by atomic mass is 10.1. The topological polar surface area (TPSA) is 129 Å². The van der Waals surface area contributed by atoms with Gasteiger partial charge in [0.05, 0.1) is 40.6 Å². The highest BCUT2D eigenvalue weighted by atomic mass is 35.5. The second kappa shape index (κ2) is 10.1. The Labute approximate surface area is 207 Å². The van der Waals surface area contributed by atoms with Crippen LogP contribution in [0.5, 0.6) is 0 Å². The molecule has 0 radical (unpaired) electrons. The molecule has 0 atom stereocenters. The van der Waals surface area contributed by atoms with Gasteiger partial charge in [-0.1, -0.05) is 17.7 Å². The number of hydrogen-bond acceptors (Lipinski definition) is 8. The molecule has 2 aromatic heterocycles. The van der Waals surface area contributed by atoms with Crippen molar-refractivity contribution in [3.8, 4) is 23.0 Å². The molecular weight excluding hydrogens is 476 g/mol. The Morgan fingerprint density at radius 3 is 2.79 bits per heavy atom. The lowest BCUT2D eigenvalue weighted by Gasteiger charge is -2.30. The number of sulfonamides is 1. The average molecular weight is 504 g/mol. The van der Waals surface area contributed by atoms with Crippen LogP contribution in [0.15, 0.2) is 36.8 Å². The zero-order chi connectivity index (χ0) is 26.8. The molecule has 4 rings (SSSR count). The van der Waals surface area contributed by atoms with Crippen molar-refractivity contribution in [1.29, 1.82) is 5.26 Å². The van der Waals surface area contributed by atoms with Crippen molar-refractivity contribution in [2.75, 3.05) is 31.6 Å². The van der Waals surface area contributed by atoms with E-state index in [9.17, 15) is 13.7 Å². The molecule has 1 aromatic carbocycles. The third-order valence-electron chi connectivity index (χ3n) is 5.57. The molecule has 3 heterocycles. The SMILES string of the molecule is [2H]C([2H])([2H])NCc1ccc(-n2cc(-c3nc(NC4CCN(S(C)(=O)=O)CC4)ncc3C#N)cn2)c(Cl)c1. The van der Waals surface area contributed by atoms with Gasteiger partial charge in [-0.15, -0.1) is 0 Å². The highest BCUT2D eigenvalue weighted by Gasteiger charge is 2.25. The third-order valence-corrected chi connectivity index (χ3v) is 7.18. The summed E-state index contributed by atoms with van der Waals surface area (Å²) in [5.41, 5.74) is 2.54. The van der Waals surface area contributed by atoms with E-state index in [0.717, 1.165) is 0 Å². The molecule has 0 saturated carbocycles. The smallest absolute Gasteiger partial charge is 0.223 e. The first kappa shape index (κ1) is 20.3. The van der Waals surface area contributed by atoms with Crippen LogP contribution in [0, 0.1) is 11.3 Å². The van der Waals surface area contributed by atoms with Gasteiger partial charge in [0.1, 0.15) is 6.07 Å². The van der Waals surface area contributed by atoms with E-state index in [2.05, 4.69) is 31.8 Å². The molecule has 1 aliphatic rings. The molecule has 2 N–H and O–H groups in total. The fraction of sp³-hybridized carbons (Fsp3) is 0.364. The van der Waals surface area contributed by atoms with E-state index in [0.29, 0.717) is 59.4 Å². The number of anilines is 1. The lowest BCUT2D eigenvalue weighted by molar-refractivity contribution is 0.331. The molecule has 0 spiro atoms. The average Bonchev–Trinajstić information content (AvgIpc) is 3.32. The molecular formula is C22H25ClN8O2S. The van der Waals surface area contributed by atoms with Gasteiger partial charge in [0.25, 0.3) is 0 Å². The van der Waals surface area contributed by atoms with Gasteiger partial charge in [0, 0.05) is 41.5 Å². The summed E-state index contributed by atoms with van der Waals surface area (Å²) in [7, 11) is -3.22. The number of rotatable bonds is 7. The highest BCUT2D eigenvalue weighted by molar-refractivity contribution is 7.88. The van der Waals surface area contributed by atoms with Crippen molar-refractivity contribution in [2.45, 2.75) is 25.4 Å². The lowest BCUT2D eigenvalue weighted by Crippen LogP contribution is -2.42. The molecule has 34 heavy (non-hydrogen) atoms. The molecule has 0 amide bonds. The van der Waals surface area contributed by atoms with Gasteiger partial charge in [0.15, 0.2) is 0 Å². The highest BCUT2D eigenvalue weighted by Crippen LogP contribution is 2.27. The summed E-state index contributed by atoms with van der Waals surface area (Å²) in [4.78, 5) is 8.79. The maximum absolute atomic E-state index is 11.7. The van der Waals surface area contributed by atoms with Crippen molar-refractivity contribution in [3.05, 3.63) is 52.9 Å². The van der Waals surface area contributed by atoms with Crippen molar-refractivity contribution in [2.24, 2.45) is 0 Å². The first-order valence-corrected chi connectivity index (χ1v) is 12.7. The number of benzene rings is 1. The fourth-order valence-corrected chi connectivity index (χ4v) is 4.96. The Bertz CT molecular complexity index is 1430. The molecule has 1 aliphatic heterocycles. The summed E-state index contributed by atoms with van der Waals surface area (Å²) in [5, 5.41) is 20.0. The molecule has 0 bridgehead atoms. The first-order chi connectivity index (χ1) is 17.4. The summed E-state index contributed by atoms with van der Waals surface area (Å²) >= 11 is 6.44. The monoisotopic (exact) mass is 503 g/mol. The maximum Gasteiger partial charge on any atom is 0.223 e. The largest absolute Gasteiger partial charge is 0.351 e. The van der Waals surface area contributed by atoms with Gasteiger partial charge < -0.3 is 10.6 Å². The number of aromatic nitrogens is 4. The number of nitrogens with zero attached hydrogens (tertiary/aromatic N) is 6. The third kappa shape index (κ3) is 5.37. The zero-order valence-corrected chi connectivity index (χ0v) is 19.9. The van der Waals surface area contributed by atoms with Crippen molar-refractivity contribution in [1.82, 2.24) is 29.4 Å². The van der Waals surface area contributed by atoms with Crippen molar-refractivity contribution < 1.29 is 12.5 Å². The van der Waals surface area contributed by atoms with Gasteiger partial charge in [-0.25, -0.2) is 27.4 Å². The standard InChI is InChI=1S/C22H25ClN8O2S/c1-25-11-15-3-4-20(19(23)9-15)31-14-17(13-27-31)21-16(10-24)12-26-22(29-21)28-18-5-7-30(8-6-18)34(2,32)33/h3-4,9,12-14,18,25H,5-8,11H2,1-2H3,(H,26,28,29)/i1D3. The van der Waals surface area contributed by atoms with Crippen molar-refractivity contribution in [3.63, 3.8) is 0 Å². The van der Waals surface area contributed by atoms with Gasteiger partial charge in [-0.3, -0.25) is 0 Å². The summed E-state index contributed by atoms with van der Waals surface area (Å²) in [6, 6.07) is 7.25. The van der Waals surface area contributed by atoms with E-state index in [-0.39, 0.29) is 18.2 Å². The Kier molecular flexibility index (Phi) is 6.02. The minimum Gasteiger partial charge on any atom is -0.351 e. The molecule has 178 valence electrons. The maximum atomic E-state index is 11.7. The van der Waals surface area contributed by atoms with E-state index in [1.165, 1.54) is 16.8 Å².